The maximum absolute atomic E-state index is 13.0. The Hall–Kier alpha value is -2.05. The van der Waals surface area contributed by atoms with Crippen LogP contribution in [-0.2, 0) is 35.0 Å². The number of oxazole rings is 1. The van der Waals surface area contributed by atoms with Crippen molar-refractivity contribution in [2.24, 2.45) is 7.05 Å². The lowest BCUT2D eigenvalue weighted by Gasteiger charge is -2.26. The van der Waals surface area contributed by atoms with Crippen LogP contribution in [0.4, 0.5) is 0 Å². The summed E-state index contributed by atoms with van der Waals surface area (Å²) in [5.41, 5.74) is 2.29. The predicted molar refractivity (Wildman–Crippen MR) is 109 cm³/mol. The Bertz CT molecular complexity index is 1170. The second kappa shape index (κ2) is 8.00. The first-order valence-corrected chi connectivity index (χ1v) is 11.1. The highest BCUT2D eigenvalue weighted by Gasteiger charge is 2.27. The first-order valence-electron chi connectivity index (χ1n) is 9.22. The Morgan fingerprint density at radius 3 is 2.72 bits per heavy atom. The maximum Gasteiger partial charge on any atom is 0.270 e. The highest BCUT2D eigenvalue weighted by atomic mass is 32.2. The summed E-state index contributed by atoms with van der Waals surface area (Å²) < 4.78 is 41.9. The highest BCUT2D eigenvalue weighted by Crippen LogP contribution is 2.25. The molecule has 1 aromatic carbocycles. The van der Waals surface area contributed by atoms with Gasteiger partial charge in [-0.05, 0) is 37.5 Å². The third-order valence-corrected chi connectivity index (χ3v) is 7.04. The van der Waals surface area contributed by atoms with E-state index in [4.69, 9.17) is 21.4 Å². The van der Waals surface area contributed by atoms with Gasteiger partial charge < -0.3 is 9.15 Å². The lowest BCUT2D eigenvalue weighted by atomic mass is 10.3. The molecule has 1 fully saturated rings. The molecule has 9 nitrogen and oxygen atoms in total. The molecule has 0 N–H and O–H groups in total. The van der Waals surface area contributed by atoms with Gasteiger partial charge >= 0.3 is 0 Å². The van der Waals surface area contributed by atoms with Gasteiger partial charge in [-0.3, -0.25) is 14.1 Å². The fourth-order valence-corrected chi connectivity index (χ4v) is 5.10. The summed E-state index contributed by atoms with van der Waals surface area (Å²) in [6.45, 7) is 2.65. The van der Waals surface area contributed by atoms with Gasteiger partial charge in [-0.25, -0.2) is 8.42 Å². The number of nitrogens with zero attached hydrogens (tertiary/aromatic N) is 5. The molecule has 29 heavy (non-hydrogen) atoms. The van der Waals surface area contributed by atoms with Gasteiger partial charge in [0.1, 0.15) is 0 Å². The fourth-order valence-electron chi connectivity index (χ4n) is 3.43. The number of hydrogen-bond donors (Lipinski definition) is 0. The van der Waals surface area contributed by atoms with Crippen LogP contribution in [-0.4, -0.2) is 65.3 Å². The van der Waals surface area contributed by atoms with Crippen molar-refractivity contribution in [3.05, 3.63) is 41.0 Å². The lowest BCUT2D eigenvalue weighted by Crippen LogP contribution is -2.40. The van der Waals surface area contributed by atoms with Crippen molar-refractivity contribution in [3.8, 4) is 0 Å². The summed E-state index contributed by atoms with van der Waals surface area (Å²) in [6, 6.07) is 4.86. The van der Waals surface area contributed by atoms with Gasteiger partial charge in [-0.15, -0.1) is 0 Å². The molecule has 0 bridgehead atoms. The molecule has 1 aliphatic heterocycles. The minimum Gasteiger partial charge on any atom is -0.429 e. The van der Waals surface area contributed by atoms with Crippen molar-refractivity contribution >= 4 is 33.3 Å². The molecule has 0 saturated carbocycles. The molecule has 1 saturated heterocycles. The van der Waals surface area contributed by atoms with Gasteiger partial charge in [-0.1, -0.05) is 0 Å². The van der Waals surface area contributed by atoms with Gasteiger partial charge in [0.2, 0.25) is 10.0 Å². The number of aryl methyl sites for hydroxylation is 1. The summed E-state index contributed by atoms with van der Waals surface area (Å²) in [6.07, 6.45) is 3.77. The van der Waals surface area contributed by atoms with Crippen molar-refractivity contribution in [1.29, 1.82) is 0 Å². The smallest absolute Gasteiger partial charge is 0.270 e. The number of morpholine rings is 1. The van der Waals surface area contributed by atoms with Crippen molar-refractivity contribution in [2.45, 2.75) is 18.1 Å². The Balaban J connectivity index is 1.63. The quantitative estimate of drug-likeness (QED) is 0.544. The molecule has 1 aliphatic rings. The van der Waals surface area contributed by atoms with E-state index in [1.165, 1.54) is 4.31 Å². The predicted octanol–water partition coefficient (Wildman–Crippen LogP) is 1.81. The van der Waals surface area contributed by atoms with E-state index in [2.05, 4.69) is 10.00 Å². The zero-order chi connectivity index (χ0) is 20.6. The Morgan fingerprint density at radius 1 is 1.28 bits per heavy atom. The van der Waals surface area contributed by atoms with Crippen LogP contribution in [0.2, 0.25) is 0 Å². The molecule has 0 atom stereocenters. The topological polar surface area (TPSA) is 85.7 Å². The van der Waals surface area contributed by atoms with Crippen molar-refractivity contribution in [1.82, 2.24) is 23.6 Å². The molecule has 11 heteroatoms. The van der Waals surface area contributed by atoms with Crippen molar-refractivity contribution in [2.75, 3.05) is 33.4 Å². The van der Waals surface area contributed by atoms with Gasteiger partial charge in [0.05, 0.1) is 36.5 Å². The summed E-state index contributed by atoms with van der Waals surface area (Å²) in [4.78, 5) is 2.59. The Kier molecular flexibility index (Phi) is 5.58. The largest absolute Gasteiger partial charge is 0.429 e. The monoisotopic (exact) mass is 437 g/mol. The zero-order valence-corrected chi connectivity index (χ0v) is 17.9. The number of rotatable bonds is 6. The molecule has 4 rings (SSSR count). The SMILES string of the molecule is CN(Cc1cnn(C)c1)Cn1c(=S)oc2ccc(S(=O)(=O)N3CCOCC3)cc21. The average Bonchev–Trinajstić information content (AvgIpc) is 3.24. The van der Waals surface area contributed by atoms with Crippen LogP contribution in [0.3, 0.4) is 0 Å². The summed E-state index contributed by atoms with van der Waals surface area (Å²) in [5, 5.41) is 4.18. The number of sulfonamides is 1. The van der Waals surface area contributed by atoms with Gasteiger partial charge in [0.25, 0.3) is 4.84 Å². The van der Waals surface area contributed by atoms with Crippen molar-refractivity contribution in [3.63, 3.8) is 0 Å². The molecule has 0 amide bonds. The van der Waals surface area contributed by atoms with Crippen LogP contribution in [0.25, 0.3) is 11.1 Å². The van der Waals surface area contributed by atoms with E-state index in [9.17, 15) is 8.42 Å². The average molecular weight is 438 g/mol. The number of aromatic nitrogens is 3. The van der Waals surface area contributed by atoms with Crippen LogP contribution < -0.4 is 0 Å². The molecule has 3 heterocycles. The molecule has 2 aromatic heterocycles. The summed E-state index contributed by atoms with van der Waals surface area (Å²) in [7, 11) is 0.239. The van der Waals surface area contributed by atoms with E-state index in [1.807, 2.05) is 26.5 Å². The molecule has 0 spiro atoms. The van der Waals surface area contributed by atoms with Gasteiger partial charge in [0, 0.05) is 38.4 Å². The maximum atomic E-state index is 13.0. The van der Waals surface area contributed by atoms with Crippen LogP contribution in [0, 0.1) is 4.84 Å². The second-order valence-electron chi connectivity index (χ2n) is 7.12. The highest BCUT2D eigenvalue weighted by molar-refractivity contribution is 7.89. The minimum absolute atomic E-state index is 0.228. The van der Waals surface area contributed by atoms with Crippen LogP contribution >= 0.6 is 12.2 Å². The Morgan fingerprint density at radius 2 is 2.03 bits per heavy atom. The van der Waals surface area contributed by atoms with E-state index in [0.717, 1.165) is 5.56 Å². The lowest BCUT2D eigenvalue weighted by molar-refractivity contribution is 0.0730. The molecular formula is C18H23N5O4S2. The Labute approximate surface area is 174 Å². The molecular weight excluding hydrogens is 414 g/mol. The fraction of sp³-hybridized carbons (Fsp3) is 0.444. The third-order valence-electron chi connectivity index (χ3n) is 4.84. The molecule has 0 aliphatic carbocycles. The normalized spacial score (nSPS) is 16.1. The van der Waals surface area contributed by atoms with Crippen LogP contribution in [0.5, 0.6) is 0 Å². The number of fused-ring (bicyclic) bond motifs is 1. The minimum atomic E-state index is -3.60. The summed E-state index contributed by atoms with van der Waals surface area (Å²) in [5.74, 6) is 0. The van der Waals surface area contributed by atoms with E-state index >= 15 is 0 Å². The van der Waals surface area contributed by atoms with Gasteiger partial charge in [-0.2, -0.15) is 9.40 Å². The first-order chi connectivity index (χ1) is 13.8. The van der Waals surface area contributed by atoms with Crippen molar-refractivity contribution < 1.29 is 17.6 Å². The summed E-state index contributed by atoms with van der Waals surface area (Å²) >= 11 is 5.38. The van der Waals surface area contributed by atoms with Gasteiger partial charge in [0.15, 0.2) is 5.58 Å². The standard InChI is InChI=1S/C18H23N5O4S2/c1-20(11-14-10-19-21(2)12-14)13-23-16-9-15(3-4-17(16)27-18(23)28)29(24,25)22-5-7-26-8-6-22/h3-4,9-10,12H,5-8,11,13H2,1-2H3. The molecule has 0 unspecified atom stereocenters. The van der Waals surface area contributed by atoms with Crippen LogP contribution in [0.1, 0.15) is 5.56 Å². The number of ether oxygens (including phenoxy) is 1. The number of benzene rings is 1. The first kappa shape index (κ1) is 20.2. The van der Waals surface area contributed by atoms with Crippen LogP contribution in [0.15, 0.2) is 39.9 Å². The second-order valence-corrected chi connectivity index (χ2v) is 9.41. The molecule has 3 aromatic rings. The van der Waals surface area contributed by atoms with E-state index < -0.39 is 10.0 Å². The third kappa shape index (κ3) is 4.14. The molecule has 0 radical (unpaired) electrons. The van der Waals surface area contributed by atoms with E-state index in [-0.39, 0.29) is 4.90 Å². The van der Waals surface area contributed by atoms with E-state index in [0.29, 0.717) is 55.5 Å². The zero-order valence-electron chi connectivity index (χ0n) is 16.3. The van der Waals surface area contributed by atoms with E-state index in [1.54, 1.807) is 27.4 Å². The molecule has 156 valence electrons. The number of hydrogen-bond acceptors (Lipinski definition) is 7.